The van der Waals surface area contributed by atoms with Gasteiger partial charge in [0.05, 0.1) is 11.7 Å². The van der Waals surface area contributed by atoms with Crippen LogP contribution < -0.4 is 10.6 Å². The van der Waals surface area contributed by atoms with E-state index in [1.165, 1.54) is 24.8 Å². The normalized spacial score (nSPS) is 18.4. The molecule has 190 valence electrons. The van der Waals surface area contributed by atoms with Crippen molar-refractivity contribution in [2.75, 3.05) is 18.4 Å². The zero-order valence-electron chi connectivity index (χ0n) is 20.9. The Morgan fingerprint density at radius 1 is 1.11 bits per heavy atom. The number of hydrogen-bond donors (Lipinski definition) is 2. The lowest BCUT2D eigenvalue weighted by molar-refractivity contribution is -0.115. The van der Waals surface area contributed by atoms with Gasteiger partial charge >= 0.3 is 0 Å². The molecule has 1 saturated heterocycles. The molecule has 0 saturated carbocycles. The first-order valence-electron chi connectivity index (χ1n) is 12.8. The van der Waals surface area contributed by atoms with Gasteiger partial charge in [-0.2, -0.15) is 0 Å². The molecule has 0 spiro atoms. The van der Waals surface area contributed by atoms with E-state index in [2.05, 4.69) is 32.7 Å². The van der Waals surface area contributed by atoms with Gasteiger partial charge in [-0.15, -0.1) is 0 Å². The fraction of sp³-hybridized carbons (Fsp3) is 0.300. The van der Waals surface area contributed by atoms with Crippen LogP contribution in [-0.2, 0) is 11.3 Å². The molecular formula is C30H31ClN4O2. The van der Waals surface area contributed by atoms with Crippen molar-refractivity contribution in [3.8, 4) is 0 Å². The molecule has 3 aromatic carbocycles. The van der Waals surface area contributed by atoms with E-state index in [4.69, 9.17) is 11.6 Å². The van der Waals surface area contributed by atoms with Crippen LogP contribution in [0.1, 0.15) is 65.2 Å². The van der Waals surface area contributed by atoms with Crippen molar-refractivity contribution >= 4 is 41.0 Å². The van der Waals surface area contributed by atoms with E-state index in [1.807, 2.05) is 37.3 Å². The van der Waals surface area contributed by atoms with Crippen LogP contribution >= 0.6 is 11.6 Å². The van der Waals surface area contributed by atoms with Gasteiger partial charge in [-0.05, 0) is 92.0 Å². The predicted molar refractivity (Wildman–Crippen MR) is 149 cm³/mol. The monoisotopic (exact) mass is 514 g/mol. The van der Waals surface area contributed by atoms with E-state index in [0.717, 1.165) is 36.4 Å². The number of halogens is 1. The summed E-state index contributed by atoms with van der Waals surface area (Å²) >= 11 is 6.09. The van der Waals surface area contributed by atoms with E-state index >= 15 is 0 Å². The summed E-state index contributed by atoms with van der Waals surface area (Å²) in [6, 6.07) is 20.7. The standard InChI is InChI=1S/C30H31ClN4O2/c1-20(22-6-5-7-24(31)16-22)33-29(36)23-10-13-28-26(17-23)27(30(37)34-28)18-32-25-11-8-21(9-12-25)19-35-14-3-2-4-15-35/h5-13,16-18,20,27H,2-4,14-15,19H2,1H3,(H,33,36)(H,34,37). The Kier molecular flexibility index (Phi) is 7.68. The van der Waals surface area contributed by atoms with Crippen LogP contribution in [0.3, 0.4) is 0 Å². The zero-order chi connectivity index (χ0) is 25.8. The highest BCUT2D eigenvalue weighted by molar-refractivity contribution is 6.30. The van der Waals surface area contributed by atoms with Crippen LogP contribution in [-0.4, -0.2) is 36.0 Å². The molecule has 0 aromatic heterocycles. The van der Waals surface area contributed by atoms with Gasteiger partial charge in [-0.3, -0.25) is 19.5 Å². The first kappa shape index (κ1) is 25.2. The third-order valence-corrected chi connectivity index (χ3v) is 7.28. The number of carbonyl (C=O) groups is 2. The maximum Gasteiger partial charge on any atom is 0.251 e. The third-order valence-electron chi connectivity index (χ3n) is 7.05. The van der Waals surface area contributed by atoms with Gasteiger partial charge < -0.3 is 10.6 Å². The lowest BCUT2D eigenvalue weighted by Crippen LogP contribution is -2.28. The highest BCUT2D eigenvalue weighted by atomic mass is 35.5. The van der Waals surface area contributed by atoms with E-state index in [-0.39, 0.29) is 17.9 Å². The van der Waals surface area contributed by atoms with E-state index in [9.17, 15) is 9.59 Å². The second-order valence-corrected chi connectivity index (χ2v) is 10.2. The van der Waals surface area contributed by atoms with Gasteiger partial charge in [0.2, 0.25) is 5.91 Å². The molecule has 0 radical (unpaired) electrons. The second kappa shape index (κ2) is 11.3. The van der Waals surface area contributed by atoms with Crippen molar-refractivity contribution in [1.82, 2.24) is 10.2 Å². The van der Waals surface area contributed by atoms with Gasteiger partial charge in [0, 0.05) is 29.0 Å². The number of rotatable bonds is 7. The molecule has 2 atom stereocenters. The largest absolute Gasteiger partial charge is 0.346 e. The number of benzene rings is 3. The first-order valence-corrected chi connectivity index (χ1v) is 13.2. The summed E-state index contributed by atoms with van der Waals surface area (Å²) < 4.78 is 0. The predicted octanol–water partition coefficient (Wildman–Crippen LogP) is 6.26. The fourth-order valence-corrected chi connectivity index (χ4v) is 5.14. The number of anilines is 1. The smallest absolute Gasteiger partial charge is 0.251 e. The van der Waals surface area contributed by atoms with Crippen LogP contribution in [0.2, 0.25) is 5.02 Å². The summed E-state index contributed by atoms with van der Waals surface area (Å²) in [4.78, 5) is 32.7. The van der Waals surface area contributed by atoms with Gasteiger partial charge in [0.1, 0.15) is 5.92 Å². The molecule has 2 heterocycles. The Morgan fingerprint density at radius 3 is 2.65 bits per heavy atom. The average molecular weight is 515 g/mol. The summed E-state index contributed by atoms with van der Waals surface area (Å²) in [7, 11) is 0. The molecule has 6 nitrogen and oxygen atoms in total. The molecular weight excluding hydrogens is 484 g/mol. The fourth-order valence-electron chi connectivity index (χ4n) is 4.94. The maximum atomic E-state index is 13.0. The number of fused-ring (bicyclic) bond motifs is 1. The van der Waals surface area contributed by atoms with Crippen LogP contribution in [0.4, 0.5) is 11.4 Å². The number of hydrogen-bond acceptors (Lipinski definition) is 4. The minimum absolute atomic E-state index is 0.148. The lowest BCUT2D eigenvalue weighted by Gasteiger charge is -2.26. The quantitative estimate of drug-likeness (QED) is 0.366. The SMILES string of the molecule is CC(NC(=O)c1ccc2c(c1)C(C=Nc1ccc(CN3CCCCC3)cc1)C(=O)N2)c1cccc(Cl)c1. The maximum absolute atomic E-state index is 13.0. The molecule has 3 aromatic rings. The third kappa shape index (κ3) is 6.09. The number of nitrogens with zero attached hydrogens (tertiary/aromatic N) is 2. The summed E-state index contributed by atoms with van der Waals surface area (Å²) in [6.45, 7) is 5.20. The number of piperidine rings is 1. The first-order chi connectivity index (χ1) is 18.0. The molecule has 2 aliphatic heterocycles. The molecule has 2 aliphatic rings. The molecule has 2 N–H and O–H groups in total. The van der Waals surface area contributed by atoms with E-state index < -0.39 is 5.92 Å². The van der Waals surface area contributed by atoms with Gasteiger partial charge in [-0.1, -0.05) is 42.3 Å². The Labute approximate surface area is 222 Å². The number of likely N-dealkylation sites (tertiary alicyclic amines) is 1. The zero-order valence-corrected chi connectivity index (χ0v) is 21.7. The van der Waals surface area contributed by atoms with E-state index in [1.54, 1.807) is 30.5 Å². The molecule has 0 aliphatic carbocycles. The summed E-state index contributed by atoms with van der Waals surface area (Å²) in [5.74, 6) is -0.916. The molecule has 5 rings (SSSR count). The van der Waals surface area contributed by atoms with Crippen molar-refractivity contribution in [2.45, 2.75) is 44.7 Å². The summed E-state index contributed by atoms with van der Waals surface area (Å²) in [5.41, 5.74) is 4.94. The Hall–Kier alpha value is -3.48. The van der Waals surface area contributed by atoms with Crippen LogP contribution in [0.5, 0.6) is 0 Å². The number of nitrogens with one attached hydrogen (secondary N) is 2. The molecule has 0 bridgehead atoms. The molecule has 1 fully saturated rings. The Balaban J connectivity index is 1.26. The van der Waals surface area contributed by atoms with Crippen LogP contribution in [0, 0.1) is 0 Å². The highest BCUT2D eigenvalue weighted by Gasteiger charge is 2.30. The minimum atomic E-state index is -0.555. The van der Waals surface area contributed by atoms with Crippen molar-refractivity contribution in [3.63, 3.8) is 0 Å². The molecule has 37 heavy (non-hydrogen) atoms. The van der Waals surface area contributed by atoms with Crippen molar-refractivity contribution in [1.29, 1.82) is 0 Å². The van der Waals surface area contributed by atoms with Crippen LogP contribution in [0.15, 0.2) is 71.7 Å². The highest BCUT2D eigenvalue weighted by Crippen LogP contribution is 2.33. The van der Waals surface area contributed by atoms with Gasteiger partial charge in [0.25, 0.3) is 5.91 Å². The molecule has 2 unspecified atom stereocenters. The summed E-state index contributed by atoms with van der Waals surface area (Å²) in [5, 5.41) is 6.53. The Morgan fingerprint density at radius 2 is 1.89 bits per heavy atom. The van der Waals surface area contributed by atoms with Crippen molar-refractivity contribution < 1.29 is 9.59 Å². The molecule has 7 heteroatoms. The van der Waals surface area contributed by atoms with Crippen LogP contribution in [0.25, 0.3) is 0 Å². The average Bonchev–Trinajstić information content (AvgIpc) is 3.22. The van der Waals surface area contributed by atoms with Crippen molar-refractivity contribution in [2.24, 2.45) is 4.99 Å². The summed E-state index contributed by atoms with van der Waals surface area (Å²) in [6.07, 6.45) is 5.54. The van der Waals surface area contributed by atoms with Gasteiger partial charge in [0.15, 0.2) is 0 Å². The number of carbonyl (C=O) groups excluding carboxylic acids is 2. The lowest BCUT2D eigenvalue weighted by atomic mass is 9.99. The Bertz CT molecular complexity index is 1320. The van der Waals surface area contributed by atoms with Crippen molar-refractivity contribution in [3.05, 3.63) is 94.0 Å². The van der Waals surface area contributed by atoms with E-state index in [0.29, 0.717) is 16.3 Å². The van der Waals surface area contributed by atoms with Gasteiger partial charge in [-0.25, -0.2) is 0 Å². The minimum Gasteiger partial charge on any atom is -0.346 e. The topological polar surface area (TPSA) is 73.8 Å². The number of aliphatic imine (C=N–C) groups is 1. The molecule has 2 amide bonds. The number of amides is 2. The second-order valence-electron chi connectivity index (χ2n) is 9.80.